The van der Waals surface area contributed by atoms with Gasteiger partial charge in [-0.1, -0.05) is 19.1 Å². The van der Waals surface area contributed by atoms with Crippen LogP contribution in [0.2, 0.25) is 0 Å². The Hall–Kier alpha value is -1.91. The van der Waals surface area contributed by atoms with E-state index >= 15 is 0 Å². The Morgan fingerprint density at radius 1 is 1.35 bits per heavy atom. The number of nitrogens with one attached hydrogen (secondary N) is 1. The summed E-state index contributed by atoms with van der Waals surface area (Å²) in [7, 11) is 0. The highest BCUT2D eigenvalue weighted by Gasteiger charge is 2.47. The van der Waals surface area contributed by atoms with Gasteiger partial charge >= 0.3 is 0 Å². The smallest absolute Gasteiger partial charge is 0.221 e. The van der Waals surface area contributed by atoms with Crippen LogP contribution in [0.25, 0.3) is 11.4 Å². The van der Waals surface area contributed by atoms with Crippen LogP contribution >= 0.6 is 0 Å². The third kappa shape index (κ3) is 1.72. The Balaban J connectivity index is 1.78. The van der Waals surface area contributed by atoms with Crippen LogP contribution in [0.3, 0.4) is 0 Å². The number of hydrogen-bond acceptors (Lipinski definition) is 3. The van der Waals surface area contributed by atoms with Gasteiger partial charge in [-0.3, -0.25) is 0 Å². The Kier molecular flexibility index (Phi) is 2.40. The second-order valence-corrected chi connectivity index (χ2v) is 6.07. The van der Waals surface area contributed by atoms with E-state index in [9.17, 15) is 4.39 Å². The van der Waals surface area contributed by atoms with E-state index in [4.69, 9.17) is 0 Å². The van der Waals surface area contributed by atoms with E-state index in [0.29, 0.717) is 22.8 Å². The molecule has 0 radical (unpaired) electrons. The lowest BCUT2D eigenvalue weighted by atomic mass is 9.95. The SMILES string of the molecule is CC1(C2CCNc3nc(-c4ccccc4F)nn32)CC1. The number of fused-ring (bicyclic) bond motifs is 1. The molecule has 1 aliphatic heterocycles. The molecule has 1 N–H and O–H groups in total. The van der Waals surface area contributed by atoms with Crippen molar-refractivity contribution in [1.29, 1.82) is 0 Å². The van der Waals surface area contributed by atoms with Crippen molar-refractivity contribution in [3.05, 3.63) is 30.1 Å². The van der Waals surface area contributed by atoms with E-state index in [2.05, 4.69) is 22.3 Å². The summed E-state index contributed by atoms with van der Waals surface area (Å²) >= 11 is 0. The lowest BCUT2D eigenvalue weighted by Crippen LogP contribution is -2.29. The molecule has 2 heterocycles. The first-order valence-corrected chi connectivity index (χ1v) is 7.13. The molecule has 1 unspecified atom stereocenters. The number of nitrogens with zero attached hydrogens (tertiary/aromatic N) is 3. The highest BCUT2D eigenvalue weighted by atomic mass is 19.1. The van der Waals surface area contributed by atoms with Gasteiger partial charge in [0.25, 0.3) is 0 Å². The minimum atomic E-state index is -0.273. The number of halogens is 1. The van der Waals surface area contributed by atoms with Gasteiger partial charge < -0.3 is 5.32 Å². The Bertz CT molecular complexity index is 660. The third-order valence-electron chi connectivity index (χ3n) is 4.59. The van der Waals surface area contributed by atoms with Crippen molar-refractivity contribution < 1.29 is 4.39 Å². The van der Waals surface area contributed by atoms with E-state index in [1.54, 1.807) is 12.1 Å². The maximum Gasteiger partial charge on any atom is 0.221 e. The molecule has 0 saturated heterocycles. The first kappa shape index (κ1) is 11.9. The molecule has 1 fully saturated rings. The standard InChI is InChI=1S/C15H17FN4/c1-15(7-8-15)12-6-9-17-14-18-13(19-20(12)14)10-4-2-3-5-11(10)16/h2-5,12H,6-9H2,1H3,(H,17,18,19). The van der Waals surface area contributed by atoms with E-state index in [1.807, 2.05) is 10.7 Å². The molecule has 1 aromatic heterocycles. The molecular formula is C15H17FN4. The number of benzene rings is 1. The molecular weight excluding hydrogens is 255 g/mol. The molecule has 0 spiro atoms. The Morgan fingerprint density at radius 3 is 2.90 bits per heavy atom. The molecule has 20 heavy (non-hydrogen) atoms. The Labute approximate surface area is 117 Å². The van der Waals surface area contributed by atoms with Gasteiger partial charge in [0.2, 0.25) is 5.95 Å². The van der Waals surface area contributed by atoms with Crippen LogP contribution in [0.15, 0.2) is 24.3 Å². The molecule has 0 bridgehead atoms. The van der Waals surface area contributed by atoms with Gasteiger partial charge in [0, 0.05) is 6.54 Å². The van der Waals surface area contributed by atoms with E-state index in [-0.39, 0.29) is 5.82 Å². The van der Waals surface area contributed by atoms with Crippen LogP contribution in [-0.2, 0) is 0 Å². The summed E-state index contributed by atoms with van der Waals surface area (Å²) in [4.78, 5) is 4.47. The second-order valence-electron chi connectivity index (χ2n) is 6.07. The minimum absolute atomic E-state index is 0.273. The second kappa shape index (κ2) is 4.04. The van der Waals surface area contributed by atoms with E-state index in [1.165, 1.54) is 18.9 Å². The fourth-order valence-corrected chi connectivity index (χ4v) is 3.03. The van der Waals surface area contributed by atoms with Gasteiger partial charge in [0.15, 0.2) is 5.82 Å². The van der Waals surface area contributed by atoms with Crippen LogP contribution < -0.4 is 5.32 Å². The summed E-state index contributed by atoms with van der Waals surface area (Å²) < 4.78 is 15.8. The highest BCUT2D eigenvalue weighted by molar-refractivity contribution is 5.57. The zero-order valence-corrected chi connectivity index (χ0v) is 11.4. The summed E-state index contributed by atoms with van der Waals surface area (Å²) in [6.45, 7) is 3.22. The van der Waals surface area contributed by atoms with E-state index in [0.717, 1.165) is 18.9 Å². The highest BCUT2D eigenvalue weighted by Crippen LogP contribution is 2.56. The molecule has 5 heteroatoms. The van der Waals surface area contributed by atoms with Crippen LogP contribution in [0.5, 0.6) is 0 Å². The summed E-state index contributed by atoms with van der Waals surface area (Å²) in [6.07, 6.45) is 3.54. The van der Waals surface area contributed by atoms with Crippen molar-refractivity contribution in [3.63, 3.8) is 0 Å². The van der Waals surface area contributed by atoms with Gasteiger partial charge in [-0.25, -0.2) is 9.07 Å². The summed E-state index contributed by atoms with van der Waals surface area (Å²) in [5.41, 5.74) is 0.813. The number of rotatable bonds is 2. The predicted octanol–water partition coefficient (Wildman–Crippen LogP) is 3.24. The zero-order chi connectivity index (χ0) is 13.7. The monoisotopic (exact) mass is 272 g/mol. The molecule has 2 aromatic rings. The van der Waals surface area contributed by atoms with Gasteiger partial charge in [-0.15, -0.1) is 5.10 Å². The predicted molar refractivity (Wildman–Crippen MR) is 74.9 cm³/mol. The molecule has 104 valence electrons. The van der Waals surface area contributed by atoms with Gasteiger partial charge in [-0.2, -0.15) is 4.98 Å². The van der Waals surface area contributed by atoms with Crippen LogP contribution in [0.4, 0.5) is 10.3 Å². The largest absolute Gasteiger partial charge is 0.354 e. The van der Waals surface area contributed by atoms with Crippen LogP contribution in [-0.4, -0.2) is 21.3 Å². The van der Waals surface area contributed by atoms with Gasteiger partial charge in [-0.05, 0) is 36.8 Å². The number of hydrogen-bond donors (Lipinski definition) is 1. The first-order chi connectivity index (χ1) is 9.67. The number of anilines is 1. The fraction of sp³-hybridized carbons (Fsp3) is 0.467. The van der Waals surface area contributed by atoms with Crippen molar-refractivity contribution >= 4 is 5.95 Å². The zero-order valence-electron chi connectivity index (χ0n) is 11.4. The van der Waals surface area contributed by atoms with Crippen LogP contribution in [0.1, 0.15) is 32.2 Å². The first-order valence-electron chi connectivity index (χ1n) is 7.13. The van der Waals surface area contributed by atoms with Gasteiger partial charge in [0.05, 0.1) is 11.6 Å². The molecule has 1 atom stereocenters. The quantitative estimate of drug-likeness (QED) is 0.912. The van der Waals surface area contributed by atoms with Crippen molar-refractivity contribution in [1.82, 2.24) is 14.8 Å². The van der Waals surface area contributed by atoms with Crippen LogP contribution in [0, 0.1) is 11.2 Å². The van der Waals surface area contributed by atoms with Crippen molar-refractivity contribution in [2.75, 3.05) is 11.9 Å². The maximum atomic E-state index is 13.9. The number of aromatic nitrogens is 3. The molecule has 1 aliphatic carbocycles. The lowest BCUT2D eigenvalue weighted by Gasteiger charge is -2.29. The van der Waals surface area contributed by atoms with Crippen molar-refractivity contribution in [2.45, 2.75) is 32.2 Å². The summed E-state index contributed by atoms with van der Waals surface area (Å²) in [5, 5.41) is 7.84. The Morgan fingerprint density at radius 2 is 2.15 bits per heavy atom. The van der Waals surface area contributed by atoms with E-state index < -0.39 is 0 Å². The molecule has 1 aromatic carbocycles. The van der Waals surface area contributed by atoms with Gasteiger partial charge in [0.1, 0.15) is 5.82 Å². The minimum Gasteiger partial charge on any atom is -0.354 e. The molecule has 0 amide bonds. The molecule has 4 nitrogen and oxygen atoms in total. The third-order valence-corrected chi connectivity index (χ3v) is 4.59. The lowest BCUT2D eigenvalue weighted by molar-refractivity contribution is 0.284. The fourth-order valence-electron chi connectivity index (χ4n) is 3.03. The molecule has 1 saturated carbocycles. The molecule has 2 aliphatic rings. The summed E-state index contributed by atoms with van der Waals surface area (Å²) in [5.74, 6) is 0.971. The average molecular weight is 272 g/mol. The molecule has 4 rings (SSSR count). The normalized spacial score (nSPS) is 23.0. The average Bonchev–Trinajstić information content (AvgIpc) is 3.04. The van der Waals surface area contributed by atoms with Crippen molar-refractivity contribution in [2.24, 2.45) is 5.41 Å². The van der Waals surface area contributed by atoms with Crippen molar-refractivity contribution in [3.8, 4) is 11.4 Å². The topological polar surface area (TPSA) is 42.7 Å². The maximum absolute atomic E-state index is 13.9. The summed E-state index contributed by atoms with van der Waals surface area (Å²) in [6, 6.07) is 7.05.